The fourth-order valence-corrected chi connectivity index (χ4v) is 13.2. The van der Waals surface area contributed by atoms with Gasteiger partial charge in [0.05, 0.1) is 66.6 Å². The lowest BCUT2D eigenvalue weighted by atomic mass is 9.59. The smallest absolute Gasteiger partial charge is 0.103 e. The van der Waals surface area contributed by atoms with Gasteiger partial charge < -0.3 is 18.3 Å². The zero-order valence-electron chi connectivity index (χ0n) is 40.5. The molecule has 13 aromatic rings. The predicted molar refractivity (Wildman–Crippen MR) is 293 cm³/mol. The van der Waals surface area contributed by atoms with Crippen molar-refractivity contribution in [3.05, 3.63) is 204 Å². The third kappa shape index (κ3) is 4.99. The maximum atomic E-state index is 12.2. The van der Waals surface area contributed by atoms with Crippen LogP contribution in [0, 0.1) is 28.1 Å². The van der Waals surface area contributed by atoms with Gasteiger partial charge in [-0.05, 0) is 75.9 Å². The molecule has 14 rings (SSSR count). The molecule has 4 heterocycles. The first-order valence-electron chi connectivity index (χ1n) is 24.6. The molecule has 0 unspecified atom stereocenters. The first-order valence-corrected chi connectivity index (χ1v) is 24.6. The topological polar surface area (TPSA) is 67.3 Å². The fraction of sp³-hybridized carbons (Fsp3) is 0.138. The molecule has 0 amide bonds. The molecule has 6 nitrogen and oxygen atoms in total. The Bertz CT molecular complexity index is 4260. The highest BCUT2D eigenvalue weighted by Crippen LogP contribution is 2.66. The number of nitriles is 2. The highest BCUT2D eigenvalue weighted by atomic mass is 15.1. The van der Waals surface area contributed by atoms with E-state index in [0.717, 1.165) is 121 Å². The molecule has 0 saturated carbocycles. The van der Waals surface area contributed by atoms with Crippen LogP contribution < -0.4 is 0 Å². The van der Waals surface area contributed by atoms with Gasteiger partial charge >= 0.3 is 0 Å². The Hall–Kier alpha value is -8.84. The molecule has 0 aliphatic heterocycles. The summed E-state index contributed by atoms with van der Waals surface area (Å²) in [6.45, 7) is 14.2. The number of hydrogen-bond acceptors (Lipinski definition) is 2. The van der Waals surface area contributed by atoms with Crippen molar-refractivity contribution in [1.29, 1.82) is 10.5 Å². The standard InChI is InChI=1S/C65H48N6/c1-63(2)55-56(64(3,4)65(63,5)6)58(71-54-32-20-16-28-44(54)48-36-34-46-42-26-14-18-30-52(42)69(60(46)62(48)71)40-23-11-8-12-24-40)50(38-67)49(37-66)57(55)70-53-31-19-15-27-43(53)47-35-33-45-41-25-13-17-29-51(41)68(59(45)61(47)70)39-21-9-7-10-22-39/h7-36H,1-6H3. The molecule has 0 atom stereocenters. The SMILES string of the molecule is CC1(C)c2c(-n3c4ccccc4c4ccc5c6ccccc6n(-c6ccccc6)c5c43)c(C#N)c(C#N)c(-n3c4ccccc4c4ccc5c6ccccc6n(-c6ccccc6)c5c43)c2C(C)(C)C1(C)C. The summed E-state index contributed by atoms with van der Waals surface area (Å²) in [5.41, 5.74) is 13.4. The zero-order chi connectivity index (χ0) is 48.3. The number of hydrogen-bond donors (Lipinski definition) is 0. The molecule has 0 saturated heterocycles. The van der Waals surface area contributed by atoms with E-state index in [9.17, 15) is 10.5 Å². The average molecular weight is 913 g/mol. The summed E-state index contributed by atoms with van der Waals surface area (Å²) in [5, 5.41) is 33.2. The van der Waals surface area contributed by atoms with E-state index in [1.165, 1.54) is 0 Å². The predicted octanol–water partition coefficient (Wildman–Crippen LogP) is 16.4. The van der Waals surface area contributed by atoms with Crippen LogP contribution in [0.25, 0.3) is 110 Å². The molecule has 71 heavy (non-hydrogen) atoms. The molecule has 9 aromatic carbocycles. The highest BCUT2D eigenvalue weighted by Gasteiger charge is 2.60. The van der Waals surface area contributed by atoms with E-state index in [1.807, 2.05) is 0 Å². The summed E-state index contributed by atoms with van der Waals surface area (Å²) in [5.74, 6) is 0. The Morgan fingerprint density at radius 1 is 0.310 bits per heavy atom. The summed E-state index contributed by atoms with van der Waals surface area (Å²) >= 11 is 0. The molecule has 1 aliphatic carbocycles. The van der Waals surface area contributed by atoms with Gasteiger partial charge in [-0.15, -0.1) is 0 Å². The van der Waals surface area contributed by atoms with Crippen LogP contribution in [0.15, 0.2) is 182 Å². The molecular formula is C65H48N6. The summed E-state index contributed by atoms with van der Waals surface area (Å²) in [4.78, 5) is 0. The molecule has 0 fully saturated rings. The maximum absolute atomic E-state index is 12.2. The van der Waals surface area contributed by atoms with Crippen molar-refractivity contribution in [2.45, 2.75) is 52.4 Å². The molecule has 0 N–H and O–H groups in total. The van der Waals surface area contributed by atoms with E-state index in [1.54, 1.807) is 0 Å². The van der Waals surface area contributed by atoms with Gasteiger partial charge in [0.25, 0.3) is 0 Å². The van der Waals surface area contributed by atoms with Crippen molar-refractivity contribution < 1.29 is 0 Å². The van der Waals surface area contributed by atoms with Crippen LogP contribution in [0.3, 0.4) is 0 Å². The van der Waals surface area contributed by atoms with Crippen LogP contribution in [-0.4, -0.2) is 18.3 Å². The quantitative estimate of drug-likeness (QED) is 0.177. The summed E-state index contributed by atoms with van der Waals surface area (Å²) < 4.78 is 9.54. The number of rotatable bonds is 4. The molecule has 0 bridgehead atoms. The number of para-hydroxylation sites is 6. The van der Waals surface area contributed by atoms with Crippen molar-refractivity contribution in [2.75, 3.05) is 0 Å². The first-order chi connectivity index (χ1) is 34.5. The van der Waals surface area contributed by atoms with Gasteiger partial charge in [0.1, 0.15) is 12.1 Å². The van der Waals surface area contributed by atoms with Crippen LogP contribution in [-0.2, 0) is 10.8 Å². The molecule has 1 aliphatic rings. The Morgan fingerprint density at radius 3 is 0.887 bits per heavy atom. The Kier molecular flexibility index (Phi) is 8.19. The van der Waals surface area contributed by atoms with Gasteiger partial charge in [-0.2, -0.15) is 10.5 Å². The molecule has 0 spiro atoms. The average Bonchev–Trinajstić information content (AvgIpc) is 4.15. The second-order valence-electron chi connectivity index (χ2n) is 21.1. The van der Waals surface area contributed by atoms with Crippen LogP contribution in [0.2, 0.25) is 0 Å². The second kappa shape index (κ2) is 14.1. The van der Waals surface area contributed by atoms with E-state index < -0.39 is 10.8 Å². The van der Waals surface area contributed by atoms with Crippen LogP contribution in [0.1, 0.15) is 63.8 Å². The van der Waals surface area contributed by atoms with Crippen molar-refractivity contribution in [3.63, 3.8) is 0 Å². The van der Waals surface area contributed by atoms with Crippen LogP contribution in [0.5, 0.6) is 0 Å². The Labute approximate surface area is 411 Å². The van der Waals surface area contributed by atoms with Gasteiger partial charge in [0.15, 0.2) is 0 Å². The normalized spacial score (nSPS) is 14.9. The Balaban J connectivity index is 1.25. The zero-order valence-corrected chi connectivity index (χ0v) is 40.5. The fourth-order valence-electron chi connectivity index (χ4n) is 13.2. The lowest BCUT2D eigenvalue weighted by Gasteiger charge is -2.45. The van der Waals surface area contributed by atoms with E-state index in [2.05, 4.69) is 254 Å². The number of nitrogens with zero attached hydrogens (tertiary/aromatic N) is 6. The monoisotopic (exact) mass is 912 g/mol. The minimum absolute atomic E-state index is 0.367. The van der Waals surface area contributed by atoms with E-state index >= 15 is 0 Å². The second-order valence-corrected chi connectivity index (χ2v) is 21.1. The molecule has 6 heteroatoms. The van der Waals surface area contributed by atoms with Crippen molar-refractivity contribution in [3.8, 4) is 34.9 Å². The lowest BCUT2D eigenvalue weighted by Crippen LogP contribution is -2.42. The third-order valence-electron chi connectivity index (χ3n) is 17.5. The van der Waals surface area contributed by atoms with Crippen molar-refractivity contribution in [1.82, 2.24) is 18.3 Å². The Morgan fingerprint density at radius 2 is 0.577 bits per heavy atom. The lowest BCUT2D eigenvalue weighted by molar-refractivity contribution is 0.125. The van der Waals surface area contributed by atoms with Crippen molar-refractivity contribution >= 4 is 87.2 Å². The molecule has 0 radical (unpaired) electrons. The molecule has 4 aromatic heterocycles. The minimum Gasteiger partial charge on any atom is -0.307 e. The highest BCUT2D eigenvalue weighted by molar-refractivity contribution is 6.26. The summed E-state index contributed by atoms with van der Waals surface area (Å²) in [6.07, 6.45) is 0. The van der Waals surface area contributed by atoms with Gasteiger partial charge in [-0.25, -0.2) is 0 Å². The number of fused-ring (bicyclic) bond motifs is 15. The van der Waals surface area contributed by atoms with Gasteiger partial charge in [0.2, 0.25) is 0 Å². The van der Waals surface area contributed by atoms with E-state index in [0.29, 0.717) is 11.1 Å². The van der Waals surface area contributed by atoms with E-state index in [-0.39, 0.29) is 5.41 Å². The van der Waals surface area contributed by atoms with E-state index in [4.69, 9.17) is 0 Å². The van der Waals surface area contributed by atoms with Crippen LogP contribution >= 0.6 is 0 Å². The summed E-state index contributed by atoms with van der Waals surface area (Å²) in [6, 6.07) is 70.4. The largest absolute Gasteiger partial charge is 0.307 e. The van der Waals surface area contributed by atoms with Crippen LogP contribution in [0.4, 0.5) is 0 Å². The maximum Gasteiger partial charge on any atom is 0.103 e. The first kappa shape index (κ1) is 41.2. The van der Waals surface area contributed by atoms with Crippen molar-refractivity contribution in [2.24, 2.45) is 5.41 Å². The molecular weight excluding hydrogens is 865 g/mol. The number of aromatic nitrogens is 4. The van der Waals surface area contributed by atoms with Gasteiger partial charge in [-0.1, -0.05) is 175 Å². The van der Waals surface area contributed by atoms with Gasteiger partial charge in [-0.3, -0.25) is 0 Å². The molecule has 338 valence electrons. The number of benzene rings is 9. The summed E-state index contributed by atoms with van der Waals surface area (Å²) in [7, 11) is 0. The third-order valence-corrected chi connectivity index (χ3v) is 17.5. The minimum atomic E-state index is -0.528. The van der Waals surface area contributed by atoms with Gasteiger partial charge in [0, 0.05) is 54.5 Å².